The molecule has 0 bridgehead atoms. The largest absolute Gasteiger partial charge is 0.353 e. The molecule has 0 heterocycles. The number of hydrogen-bond acceptors (Lipinski definition) is 4. The Morgan fingerprint density at radius 3 is 2.12 bits per heavy atom. The molecule has 0 aliphatic carbocycles. The molecule has 2 aromatic carbocycles. The quantitative estimate of drug-likeness (QED) is 0.609. The van der Waals surface area contributed by atoms with Gasteiger partial charge in [0.2, 0.25) is 0 Å². The smallest absolute Gasteiger partial charge is 0.258 e. The molecule has 0 amide bonds. The van der Waals surface area contributed by atoms with Gasteiger partial charge < -0.3 is 0 Å². The Bertz CT molecular complexity index is 600. The van der Waals surface area contributed by atoms with E-state index in [0.717, 1.165) is 6.07 Å². The summed E-state index contributed by atoms with van der Waals surface area (Å²) in [5.74, 6) is 0. The number of hydrogen-bond donors (Lipinski definition) is 0. The third kappa shape index (κ3) is 2.16. The van der Waals surface area contributed by atoms with Crippen molar-refractivity contribution in [3.05, 3.63) is 56.6 Å². The number of nitrogens with zero attached hydrogens (tertiary/aromatic N) is 2. The standard InChI is InChI=1S/C10H6N2O4.ClH/c13-11(14)9-6-5-7-3-1-2-4-8(7)10(9)12(15)16;/h1-6H;1H. The maximum absolute atomic E-state index is 10.8. The van der Waals surface area contributed by atoms with Crippen molar-refractivity contribution in [2.45, 2.75) is 0 Å². The van der Waals surface area contributed by atoms with E-state index in [1.54, 1.807) is 18.2 Å². The predicted octanol–water partition coefficient (Wildman–Crippen LogP) is 3.08. The summed E-state index contributed by atoms with van der Waals surface area (Å²) in [6.07, 6.45) is 0. The zero-order valence-corrected chi connectivity index (χ0v) is 9.22. The Hall–Kier alpha value is -2.21. The second-order valence-corrected chi connectivity index (χ2v) is 3.17. The van der Waals surface area contributed by atoms with Gasteiger partial charge >= 0.3 is 11.4 Å². The summed E-state index contributed by atoms with van der Waals surface area (Å²) in [4.78, 5) is 20.0. The Labute approximate surface area is 102 Å². The number of nitro benzene ring substituents is 2. The topological polar surface area (TPSA) is 86.3 Å². The highest BCUT2D eigenvalue weighted by molar-refractivity contribution is 5.94. The van der Waals surface area contributed by atoms with Crippen LogP contribution < -0.4 is 0 Å². The predicted molar refractivity (Wildman–Crippen MR) is 64.5 cm³/mol. The minimum Gasteiger partial charge on any atom is -0.258 e. The molecule has 0 saturated heterocycles. The average molecular weight is 255 g/mol. The number of halogens is 1. The molecule has 17 heavy (non-hydrogen) atoms. The van der Waals surface area contributed by atoms with Gasteiger partial charge in [0, 0.05) is 6.07 Å². The molecule has 88 valence electrons. The van der Waals surface area contributed by atoms with E-state index >= 15 is 0 Å². The fourth-order valence-corrected chi connectivity index (χ4v) is 1.58. The molecule has 0 fully saturated rings. The van der Waals surface area contributed by atoms with Gasteiger partial charge in [-0.3, -0.25) is 20.2 Å². The first kappa shape index (κ1) is 12.9. The number of nitro groups is 2. The molecule has 0 N–H and O–H groups in total. The molecule has 2 aromatic rings. The van der Waals surface area contributed by atoms with Crippen molar-refractivity contribution >= 4 is 34.6 Å². The molecule has 0 aliphatic heterocycles. The lowest BCUT2D eigenvalue weighted by molar-refractivity contribution is -0.421. The molecule has 0 saturated carbocycles. The van der Waals surface area contributed by atoms with Gasteiger partial charge in [-0.2, -0.15) is 0 Å². The van der Waals surface area contributed by atoms with Crippen molar-refractivity contribution in [3.8, 4) is 0 Å². The molecular weight excluding hydrogens is 248 g/mol. The van der Waals surface area contributed by atoms with Crippen molar-refractivity contribution < 1.29 is 9.85 Å². The van der Waals surface area contributed by atoms with Crippen LogP contribution in [0, 0.1) is 20.2 Å². The Morgan fingerprint density at radius 2 is 1.53 bits per heavy atom. The lowest BCUT2D eigenvalue weighted by atomic mass is 10.1. The number of fused-ring (bicyclic) bond motifs is 1. The van der Waals surface area contributed by atoms with E-state index in [4.69, 9.17) is 0 Å². The monoisotopic (exact) mass is 254 g/mol. The summed E-state index contributed by atoms with van der Waals surface area (Å²) < 4.78 is 0. The summed E-state index contributed by atoms with van der Waals surface area (Å²) in [7, 11) is 0. The molecule has 2 rings (SSSR count). The molecule has 0 aliphatic rings. The molecule has 0 atom stereocenters. The van der Waals surface area contributed by atoms with Crippen LogP contribution in [0.2, 0.25) is 0 Å². The average Bonchev–Trinajstić information content (AvgIpc) is 2.27. The number of benzene rings is 2. The van der Waals surface area contributed by atoms with Crippen LogP contribution in [0.25, 0.3) is 10.8 Å². The zero-order valence-electron chi connectivity index (χ0n) is 8.40. The Morgan fingerprint density at radius 1 is 0.882 bits per heavy atom. The molecule has 0 unspecified atom stereocenters. The van der Waals surface area contributed by atoms with Crippen LogP contribution in [-0.2, 0) is 0 Å². The van der Waals surface area contributed by atoms with Gasteiger partial charge in [-0.1, -0.05) is 18.2 Å². The third-order valence-electron chi connectivity index (χ3n) is 2.26. The fourth-order valence-electron chi connectivity index (χ4n) is 1.58. The highest BCUT2D eigenvalue weighted by Gasteiger charge is 2.26. The second kappa shape index (κ2) is 4.75. The summed E-state index contributed by atoms with van der Waals surface area (Å²) in [5, 5.41) is 22.4. The van der Waals surface area contributed by atoms with Crippen LogP contribution >= 0.6 is 12.4 Å². The Kier molecular flexibility index (Phi) is 3.59. The minimum absolute atomic E-state index is 0. The molecule has 7 heteroatoms. The van der Waals surface area contributed by atoms with Crippen LogP contribution in [-0.4, -0.2) is 9.85 Å². The maximum Gasteiger partial charge on any atom is 0.353 e. The van der Waals surface area contributed by atoms with Crippen molar-refractivity contribution in [1.29, 1.82) is 0 Å². The van der Waals surface area contributed by atoms with Gasteiger partial charge in [-0.05, 0) is 17.5 Å². The van der Waals surface area contributed by atoms with Crippen molar-refractivity contribution in [1.82, 2.24) is 0 Å². The van der Waals surface area contributed by atoms with Crippen molar-refractivity contribution in [3.63, 3.8) is 0 Å². The van der Waals surface area contributed by atoms with Crippen LogP contribution in [0.15, 0.2) is 36.4 Å². The van der Waals surface area contributed by atoms with Crippen LogP contribution in [0.1, 0.15) is 0 Å². The second-order valence-electron chi connectivity index (χ2n) is 3.17. The highest BCUT2D eigenvalue weighted by atomic mass is 35.5. The van der Waals surface area contributed by atoms with Gasteiger partial charge in [-0.25, -0.2) is 0 Å². The van der Waals surface area contributed by atoms with Gasteiger partial charge in [0.1, 0.15) is 0 Å². The van der Waals surface area contributed by atoms with E-state index in [1.807, 2.05) is 0 Å². The third-order valence-corrected chi connectivity index (χ3v) is 2.26. The summed E-state index contributed by atoms with van der Waals surface area (Å²) in [6.45, 7) is 0. The van der Waals surface area contributed by atoms with Crippen LogP contribution in [0.3, 0.4) is 0 Å². The summed E-state index contributed by atoms with van der Waals surface area (Å²) in [5.41, 5.74) is -0.938. The van der Waals surface area contributed by atoms with Gasteiger partial charge in [-0.15, -0.1) is 12.4 Å². The highest BCUT2D eigenvalue weighted by Crippen LogP contribution is 2.34. The van der Waals surface area contributed by atoms with E-state index in [0.29, 0.717) is 5.39 Å². The van der Waals surface area contributed by atoms with E-state index < -0.39 is 21.2 Å². The van der Waals surface area contributed by atoms with Gasteiger partial charge in [0.05, 0.1) is 15.2 Å². The maximum atomic E-state index is 10.8. The van der Waals surface area contributed by atoms with Crippen LogP contribution in [0.4, 0.5) is 11.4 Å². The summed E-state index contributed by atoms with van der Waals surface area (Å²) in [6, 6.07) is 9.16. The molecular formula is C10H7ClN2O4. The normalized spacial score (nSPS) is 9.65. The molecule has 0 radical (unpaired) electrons. The fraction of sp³-hybridized carbons (Fsp3) is 0. The van der Waals surface area contributed by atoms with Gasteiger partial charge in [0.25, 0.3) is 0 Å². The lowest BCUT2D eigenvalue weighted by Gasteiger charge is -1.99. The first-order valence-corrected chi connectivity index (χ1v) is 4.42. The van der Waals surface area contributed by atoms with Crippen molar-refractivity contribution in [2.75, 3.05) is 0 Å². The molecule has 0 aromatic heterocycles. The Balaban J connectivity index is 0.00000144. The molecule has 6 nitrogen and oxygen atoms in total. The first-order valence-electron chi connectivity index (χ1n) is 4.42. The first-order chi connectivity index (χ1) is 7.61. The van der Waals surface area contributed by atoms with E-state index in [1.165, 1.54) is 12.1 Å². The van der Waals surface area contributed by atoms with Crippen LogP contribution in [0.5, 0.6) is 0 Å². The SMILES string of the molecule is Cl.O=[N+]([O-])c1ccc2ccccc2c1[N+](=O)[O-]. The summed E-state index contributed by atoms with van der Waals surface area (Å²) >= 11 is 0. The molecule has 0 spiro atoms. The van der Waals surface area contributed by atoms with E-state index in [9.17, 15) is 20.2 Å². The van der Waals surface area contributed by atoms with E-state index in [-0.39, 0.29) is 17.8 Å². The lowest BCUT2D eigenvalue weighted by Crippen LogP contribution is -1.97. The van der Waals surface area contributed by atoms with Crippen molar-refractivity contribution in [2.24, 2.45) is 0 Å². The van der Waals surface area contributed by atoms with Gasteiger partial charge in [0.15, 0.2) is 0 Å². The minimum atomic E-state index is -0.745. The number of rotatable bonds is 2. The zero-order chi connectivity index (χ0) is 11.7. The van der Waals surface area contributed by atoms with E-state index in [2.05, 4.69) is 0 Å².